The van der Waals surface area contributed by atoms with Gasteiger partial charge in [-0.3, -0.25) is 14.4 Å². The van der Waals surface area contributed by atoms with E-state index in [1.807, 2.05) is 0 Å². The molecule has 182 valence electrons. The van der Waals surface area contributed by atoms with Crippen LogP contribution in [-0.2, 0) is 23.9 Å². The molecular formula is C22H43N3O5S. The van der Waals surface area contributed by atoms with Gasteiger partial charge >= 0.3 is 0 Å². The van der Waals surface area contributed by atoms with Crippen LogP contribution in [0.2, 0.25) is 0 Å². The van der Waals surface area contributed by atoms with Gasteiger partial charge in [0, 0.05) is 44.4 Å². The van der Waals surface area contributed by atoms with E-state index in [1.54, 1.807) is 13.8 Å². The smallest absolute Gasteiger partial charge is 0.233 e. The Morgan fingerprint density at radius 1 is 0.871 bits per heavy atom. The number of hydrogen-bond donors (Lipinski definition) is 3. The van der Waals surface area contributed by atoms with Crippen LogP contribution >= 0.6 is 11.8 Å². The van der Waals surface area contributed by atoms with E-state index in [4.69, 9.17) is 15.2 Å². The number of thioether (sulfide) groups is 1. The first-order valence-electron chi connectivity index (χ1n) is 11.1. The number of ketones is 1. The summed E-state index contributed by atoms with van der Waals surface area (Å²) in [5.41, 5.74) is 5.96. The second-order valence-electron chi connectivity index (χ2n) is 8.77. The summed E-state index contributed by atoms with van der Waals surface area (Å²) in [5, 5.41) is 4.96. The first kappa shape index (κ1) is 29.8. The number of nitrogens with one attached hydrogen (secondary N) is 2. The number of carbonyl (C=O) groups is 3. The predicted octanol–water partition coefficient (Wildman–Crippen LogP) is 1.61. The Morgan fingerprint density at radius 2 is 1.39 bits per heavy atom. The van der Waals surface area contributed by atoms with Crippen molar-refractivity contribution in [3.8, 4) is 0 Å². The lowest BCUT2D eigenvalue weighted by atomic mass is 10.0. The third-order valence-electron chi connectivity index (χ3n) is 4.09. The Morgan fingerprint density at radius 3 is 1.87 bits per heavy atom. The minimum Gasteiger partial charge on any atom is -0.379 e. The predicted molar refractivity (Wildman–Crippen MR) is 126 cm³/mol. The topological polar surface area (TPSA) is 120 Å². The third-order valence-corrected chi connectivity index (χ3v) is 5.43. The Balaban J connectivity index is 4.61. The average Bonchev–Trinajstić information content (AvgIpc) is 2.68. The summed E-state index contributed by atoms with van der Waals surface area (Å²) >= 11 is 1.24. The van der Waals surface area contributed by atoms with Crippen LogP contribution in [0, 0.1) is 17.8 Å². The first-order valence-corrected chi connectivity index (χ1v) is 12.2. The van der Waals surface area contributed by atoms with Gasteiger partial charge in [0.1, 0.15) is 0 Å². The maximum atomic E-state index is 12.6. The van der Waals surface area contributed by atoms with Gasteiger partial charge in [-0.15, -0.1) is 11.8 Å². The van der Waals surface area contributed by atoms with Crippen LogP contribution in [0.5, 0.6) is 0 Å². The van der Waals surface area contributed by atoms with Crippen molar-refractivity contribution in [1.29, 1.82) is 0 Å². The number of rotatable bonds is 18. The highest BCUT2D eigenvalue weighted by Crippen LogP contribution is 2.17. The standard InChI is InChI=1S/C22H43N3O5S/c1-15(2)12-29-9-7-24-20(26)11-19(31-14-18(23)21(27)17(5)6)22(28)25-8-10-30-13-16(3)4/h15-19H,7-14,23H2,1-6H3,(H,24,26)(H,25,28)/t18-,19?/m1/s1. The SMILES string of the molecule is CC(C)COCCNC(=O)CC(SC[C@@H](N)C(=O)C(C)C)C(=O)NCCOCC(C)C. The van der Waals surface area contributed by atoms with Crippen LogP contribution in [0.3, 0.4) is 0 Å². The molecule has 4 N–H and O–H groups in total. The highest BCUT2D eigenvalue weighted by molar-refractivity contribution is 8.00. The van der Waals surface area contributed by atoms with Crippen LogP contribution < -0.4 is 16.4 Å². The third kappa shape index (κ3) is 16.2. The molecule has 0 aliphatic carbocycles. The molecule has 0 aromatic rings. The van der Waals surface area contributed by atoms with E-state index in [0.29, 0.717) is 51.4 Å². The summed E-state index contributed by atoms with van der Waals surface area (Å²) < 4.78 is 10.9. The van der Waals surface area contributed by atoms with E-state index in [-0.39, 0.29) is 35.7 Å². The molecule has 1 unspecified atom stereocenters. The van der Waals surface area contributed by atoms with Gasteiger partial charge < -0.3 is 25.8 Å². The van der Waals surface area contributed by atoms with Gasteiger partial charge in [0.2, 0.25) is 11.8 Å². The molecule has 31 heavy (non-hydrogen) atoms. The summed E-state index contributed by atoms with van der Waals surface area (Å²) in [5.74, 6) is 0.420. The summed E-state index contributed by atoms with van der Waals surface area (Å²) in [6.45, 7) is 14.7. The minimum atomic E-state index is -0.665. The monoisotopic (exact) mass is 461 g/mol. The van der Waals surface area contributed by atoms with Crippen molar-refractivity contribution in [2.24, 2.45) is 23.5 Å². The van der Waals surface area contributed by atoms with E-state index in [2.05, 4.69) is 38.3 Å². The normalized spacial score (nSPS) is 13.5. The number of hydrogen-bond acceptors (Lipinski definition) is 7. The van der Waals surface area contributed by atoms with Gasteiger partial charge in [0.05, 0.1) is 24.5 Å². The molecule has 0 saturated heterocycles. The van der Waals surface area contributed by atoms with Gasteiger partial charge in [-0.05, 0) is 11.8 Å². The summed E-state index contributed by atoms with van der Waals surface area (Å²) in [4.78, 5) is 37.0. The van der Waals surface area contributed by atoms with Crippen LogP contribution in [0.1, 0.15) is 48.0 Å². The van der Waals surface area contributed by atoms with Crippen LogP contribution in [0.25, 0.3) is 0 Å². The van der Waals surface area contributed by atoms with Gasteiger partial charge in [-0.2, -0.15) is 0 Å². The fourth-order valence-electron chi connectivity index (χ4n) is 2.46. The second kappa shape index (κ2) is 17.4. The molecule has 2 amide bonds. The Bertz CT molecular complexity index is 529. The lowest BCUT2D eigenvalue weighted by Gasteiger charge is -2.19. The summed E-state index contributed by atoms with van der Waals surface area (Å²) in [6.07, 6.45) is 0.0100. The average molecular weight is 462 g/mol. The zero-order valence-corrected chi connectivity index (χ0v) is 20.9. The Hall–Kier alpha value is -1.16. The summed E-state index contributed by atoms with van der Waals surface area (Å²) in [6, 6.07) is -0.665. The lowest BCUT2D eigenvalue weighted by Crippen LogP contribution is -2.41. The van der Waals surface area contributed by atoms with Crippen molar-refractivity contribution in [3.05, 3.63) is 0 Å². The molecule has 0 rings (SSSR count). The van der Waals surface area contributed by atoms with Gasteiger partial charge in [0.15, 0.2) is 5.78 Å². The molecule has 8 nitrogen and oxygen atoms in total. The van der Waals surface area contributed by atoms with E-state index >= 15 is 0 Å². The van der Waals surface area contributed by atoms with Gasteiger partial charge in [-0.1, -0.05) is 41.5 Å². The first-order chi connectivity index (χ1) is 14.5. The quantitative estimate of drug-likeness (QED) is 0.265. The maximum Gasteiger partial charge on any atom is 0.233 e. The van der Waals surface area contributed by atoms with E-state index in [0.717, 1.165) is 0 Å². The summed E-state index contributed by atoms with van der Waals surface area (Å²) in [7, 11) is 0. The number of ether oxygens (including phenoxy) is 2. The molecule has 0 aromatic carbocycles. The molecular weight excluding hydrogens is 418 g/mol. The van der Waals surface area contributed by atoms with Crippen molar-refractivity contribution >= 4 is 29.4 Å². The largest absolute Gasteiger partial charge is 0.379 e. The molecule has 0 aromatic heterocycles. The van der Waals surface area contributed by atoms with E-state index < -0.39 is 11.3 Å². The second-order valence-corrected chi connectivity index (χ2v) is 10.0. The van der Waals surface area contributed by atoms with Crippen molar-refractivity contribution in [3.63, 3.8) is 0 Å². The number of amides is 2. The van der Waals surface area contributed by atoms with Crippen LogP contribution in [-0.4, -0.2) is 74.2 Å². The lowest BCUT2D eigenvalue weighted by molar-refractivity contribution is -0.126. The Kier molecular flexibility index (Phi) is 16.8. The van der Waals surface area contributed by atoms with Crippen molar-refractivity contribution in [1.82, 2.24) is 10.6 Å². The van der Waals surface area contributed by atoms with Crippen LogP contribution in [0.15, 0.2) is 0 Å². The number of nitrogens with two attached hydrogens (primary N) is 1. The van der Waals surface area contributed by atoms with E-state index in [9.17, 15) is 14.4 Å². The van der Waals surface area contributed by atoms with E-state index in [1.165, 1.54) is 11.8 Å². The molecule has 0 saturated carbocycles. The number of carbonyl (C=O) groups excluding carboxylic acids is 3. The molecule has 0 radical (unpaired) electrons. The molecule has 2 atom stereocenters. The van der Waals surface area contributed by atoms with Crippen molar-refractivity contribution in [2.75, 3.05) is 45.3 Å². The molecule has 9 heteroatoms. The highest BCUT2D eigenvalue weighted by Gasteiger charge is 2.25. The maximum absolute atomic E-state index is 12.6. The molecule has 0 heterocycles. The zero-order valence-electron chi connectivity index (χ0n) is 20.1. The fraction of sp³-hybridized carbons (Fsp3) is 0.864. The van der Waals surface area contributed by atoms with Gasteiger partial charge in [0.25, 0.3) is 0 Å². The molecule has 0 fully saturated rings. The minimum absolute atomic E-state index is 0.0100. The Labute approximate surface area is 192 Å². The fourth-order valence-corrected chi connectivity index (χ4v) is 3.57. The number of Topliss-reactive ketones (excluding diaryl/α,β-unsaturated/α-hetero) is 1. The van der Waals surface area contributed by atoms with Crippen molar-refractivity contribution in [2.45, 2.75) is 59.3 Å². The molecule has 0 aliphatic rings. The van der Waals surface area contributed by atoms with Gasteiger partial charge in [-0.25, -0.2) is 0 Å². The molecule has 0 aliphatic heterocycles. The molecule has 0 bridgehead atoms. The molecule has 0 spiro atoms. The van der Waals surface area contributed by atoms with Crippen LogP contribution in [0.4, 0.5) is 0 Å². The zero-order chi connectivity index (χ0) is 23.8. The highest BCUT2D eigenvalue weighted by atomic mass is 32.2. The van der Waals surface area contributed by atoms with Crippen molar-refractivity contribution < 1.29 is 23.9 Å².